The van der Waals surface area contributed by atoms with Crippen LogP contribution in [0.25, 0.3) is 0 Å². The summed E-state index contributed by atoms with van der Waals surface area (Å²) in [4.78, 5) is 25.7. The molecule has 1 fully saturated rings. The molecule has 0 bridgehead atoms. The highest BCUT2D eigenvalue weighted by molar-refractivity contribution is 5.88. The molecule has 1 atom stereocenters. The average Bonchev–Trinajstić information content (AvgIpc) is 2.53. The quantitative estimate of drug-likeness (QED) is 0.854. The summed E-state index contributed by atoms with van der Waals surface area (Å²) in [5, 5.41) is 2.62. The fourth-order valence-electron chi connectivity index (χ4n) is 2.34. The van der Waals surface area contributed by atoms with Crippen molar-refractivity contribution in [2.45, 2.75) is 25.3 Å². The van der Waals surface area contributed by atoms with Gasteiger partial charge in [0.2, 0.25) is 11.8 Å². The van der Waals surface area contributed by atoms with E-state index in [0.29, 0.717) is 0 Å². The summed E-state index contributed by atoms with van der Waals surface area (Å²) in [6.45, 7) is 1.61. The SMILES string of the molecule is NC(C(=O)NCC(=O)N1CCCCC1)c1ccccc1. The Morgan fingerprint density at radius 3 is 2.45 bits per heavy atom. The average molecular weight is 275 g/mol. The third-order valence-corrected chi connectivity index (χ3v) is 3.56. The van der Waals surface area contributed by atoms with Crippen LogP contribution in [0, 0.1) is 0 Å². The number of benzene rings is 1. The highest BCUT2D eigenvalue weighted by atomic mass is 16.2. The first-order valence-corrected chi connectivity index (χ1v) is 7.04. The van der Waals surface area contributed by atoms with E-state index in [1.165, 1.54) is 6.42 Å². The zero-order chi connectivity index (χ0) is 14.4. The molecule has 1 unspecified atom stereocenters. The molecule has 1 saturated heterocycles. The lowest BCUT2D eigenvalue weighted by molar-refractivity contribution is -0.133. The molecule has 1 aromatic rings. The van der Waals surface area contributed by atoms with Crippen LogP contribution in [0.15, 0.2) is 30.3 Å². The van der Waals surface area contributed by atoms with Gasteiger partial charge in [-0.15, -0.1) is 0 Å². The van der Waals surface area contributed by atoms with E-state index in [2.05, 4.69) is 5.32 Å². The standard InChI is InChI=1S/C15H21N3O2/c16-14(12-7-3-1-4-8-12)15(20)17-11-13(19)18-9-5-2-6-10-18/h1,3-4,7-8,14H,2,5-6,9-11,16H2,(H,17,20). The van der Waals surface area contributed by atoms with Gasteiger partial charge >= 0.3 is 0 Å². The molecule has 0 spiro atoms. The summed E-state index contributed by atoms with van der Waals surface area (Å²) in [7, 11) is 0. The monoisotopic (exact) mass is 275 g/mol. The van der Waals surface area contributed by atoms with Gasteiger partial charge in [-0.25, -0.2) is 0 Å². The summed E-state index contributed by atoms with van der Waals surface area (Å²) < 4.78 is 0. The Labute approximate surface area is 119 Å². The van der Waals surface area contributed by atoms with Gasteiger partial charge in [0.15, 0.2) is 0 Å². The molecule has 2 amide bonds. The molecule has 2 rings (SSSR count). The van der Waals surface area contributed by atoms with Crippen molar-refractivity contribution >= 4 is 11.8 Å². The predicted molar refractivity (Wildman–Crippen MR) is 76.8 cm³/mol. The molecule has 0 aromatic heterocycles. The number of hydrogen-bond acceptors (Lipinski definition) is 3. The molecule has 1 heterocycles. The van der Waals surface area contributed by atoms with Crippen LogP contribution < -0.4 is 11.1 Å². The largest absolute Gasteiger partial charge is 0.345 e. The van der Waals surface area contributed by atoms with Crippen LogP contribution in [0.4, 0.5) is 0 Å². The lowest BCUT2D eigenvalue weighted by Crippen LogP contribution is -2.44. The maximum Gasteiger partial charge on any atom is 0.241 e. The molecule has 5 heteroatoms. The highest BCUT2D eigenvalue weighted by Crippen LogP contribution is 2.10. The Bertz CT molecular complexity index is 455. The maximum absolute atomic E-state index is 11.9. The minimum atomic E-state index is -0.731. The van der Waals surface area contributed by atoms with Crippen molar-refractivity contribution in [3.8, 4) is 0 Å². The van der Waals surface area contributed by atoms with Crippen LogP contribution >= 0.6 is 0 Å². The third kappa shape index (κ3) is 3.81. The lowest BCUT2D eigenvalue weighted by atomic mass is 10.1. The van der Waals surface area contributed by atoms with Gasteiger partial charge in [0, 0.05) is 13.1 Å². The van der Waals surface area contributed by atoms with Gasteiger partial charge in [-0.2, -0.15) is 0 Å². The number of carbonyl (C=O) groups is 2. The van der Waals surface area contributed by atoms with E-state index in [0.717, 1.165) is 31.5 Å². The first kappa shape index (κ1) is 14.5. The molecule has 0 aliphatic carbocycles. The maximum atomic E-state index is 11.9. The van der Waals surface area contributed by atoms with Crippen LogP contribution in [-0.4, -0.2) is 36.3 Å². The van der Waals surface area contributed by atoms with E-state index in [4.69, 9.17) is 5.73 Å². The summed E-state index contributed by atoms with van der Waals surface area (Å²) in [6.07, 6.45) is 3.27. The molecule has 0 radical (unpaired) electrons. The predicted octanol–water partition coefficient (Wildman–Crippen LogP) is 0.815. The molecule has 1 aliphatic heterocycles. The van der Waals surface area contributed by atoms with Crippen molar-refractivity contribution in [3.63, 3.8) is 0 Å². The van der Waals surface area contributed by atoms with Gasteiger partial charge in [0.05, 0.1) is 6.54 Å². The van der Waals surface area contributed by atoms with Crippen molar-refractivity contribution in [1.82, 2.24) is 10.2 Å². The van der Waals surface area contributed by atoms with Crippen molar-refractivity contribution in [3.05, 3.63) is 35.9 Å². The highest BCUT2D eigenvalue weighted by Gasteiger charge is 2.19. The number of nitrogens with one attached hydrogen (secondary N) is 1. The van der Waals surface area contributed by atoms with Crippen LogP contribution in [0.5, 0.6) is 0 Å². The smallest absolute Gasteiger partial charge is 0.241 e. The van der Waals surface area contributed by atoms with Crippen LogP contribution in [-0.2, 0) is 9.59 Å². The molecular weight excluding hydrogens is 254 g/mol. The minimum Gasteiger partial charge on any atom is -0.345 e. The Kier molecular flexibility index (Phi) is 5.12. The molecule has 1 aromatic carbocycles. The van der Waals surface area contributed by atoms with Gasteiger partial charge in [-0.05, 0) is 24.8 Å². The van der Waals surface area contributed by atoms with E-state index in [-0.39, 0.29) is 18.4 Å². The van der Waals surface area contributed by atoms with Crippen LogP contribution in [0.3, 0.4) is 0 Å². The summed E-state index contributed by atoms with van der Waals surface area (Å²) in [5.41, 5.74) is 6.61. The molecule has 108 valence electrons. The van der Waals surface area contributed by atoms with E-state index >= 15 is 0 Å². The van der Waals surface area contributed by atoms with Gasteiger partial charge < -0.3 is 16.0 Å². The molecular formula is C15H21N3O2. The number of carbonyl (C=O) groups excluding carboxylic acids is 2. The third-order valence-electron chi connectivity index (χ3n) is 3.56. The Morgan fingerprint density at radius 1 is 1.15 bits per heavy atom. The molecule has 3 N–H and O–H groups in total. The number of hydrogen-bond donors (Lipinski definition) is 2. The van der Waals surface area contributed by atoms with Gasteiger partial charge in [-0.3, -0.25) is 9.59 Å². The summed E-state index contributed by atoms with van der Waals surface area (Å²) in [5.74, 6) is -0.347. The molecule has 0 saturated carbocycles. The second kappa shape index (κ2) is 7.05. The fourth-order valence-corrected chi connectivity index (χ4v) is 2.34. The van der Waals surface area contributed by atoms with E-state index < -0.39 is 6.04 Å². The molecule has 20 heavy (non-hydrogen) atoms. The van der Waals surface area contributed by atoms with E-state index in [1.807, 2.05) is 18.2 Å². The van der Waals surface area contributed by atoms with E-state index in [1.54, 1.807) is 17.0 Å². The second-order valence-electron chi connectivity index (χ2n) is 5.05. The number of piperidine rings is 1. The fraction of sp³-hybridized carbons (Fsp3) is 0.467. The Hall–Kier alpha value is -1.88. The summed E-state index contributed by atoms with van der Waals surface area (Å²) >= 11 is 0. The van der Waals surface area contributed by atoms with Gasteiger partial charge in [0.1, 0.15) is 6.04 Å². The topological polar surface area (TPSA) is 75.4 Å². The second-order valence-corrected chi connectivity index (χ2v) is 5.05. The number of likely N-dealkylation sites (tertiary alicyclic amines) is 1. The lowest BCUT2D eigenvalue weighted by Gasteiger charge is -2.27. The van der Waals surface area contributed by atoms with Crippen molar-refractivity contribution in [1.29, 1.82) is 0 Å². The normalized spacial score (nSPS) is 16.6. The van der Waals surface area contributed by atoms with Crippen molar-refractivity contribution in [2.75, 3.05) is 19.6 Å². The zero-order valence-electron chi connectivity index (χ0n) is 11.5. The van der Waals surface area contributed by atoms with Crippen molar-refractivity contribution in [2.24, 2.45) is 5.73 Å². The number of rotatable bonds is 4. The number of nitrogens with two attached hydrogens (primary N) is 1. The van der Waals surface area contributed by atoms with E-state index in [9.17, 15) is 9.59 Å². The molecule has 1 aliphatic rings. The van der Waals surface area contributed by atoms with Crippen LogP contribution in [0.1, 0.15) is 30.9 Å². The number of amides is 2. The first-order valence-electron chi connectivity index (χ1n) is 7.04. The molecule has 5 nitrogen and oxygen atoms in total. The first-order chi connectivity index (χ1) is 9.68. The Morgan fingerprint density at radius 2 is 1.80 bits per heavy atom. The Balaban J connectivity index is 1.81. The summed E-state index contributed by atoms with van der Waals surface area (Å²) in [6, 6.07) is 8.41. The minimum absolute atomic E-state index is 0.0271. The zero-order valence-corrected chi connectivity index (χ0v) is 11.5. The van der Waals surface area contributed by atoms with Gasteiger partial charge in [0.25, 0.3) is 0 Å². The van der Waals surface area contributed by atoms with Crippen molar-refractivity contribution < 1.29 is 9.59 Å². The van der Waals surface area contributed by atoms with Crippen LogP contribution in [0.2, 0.25) is 0 Å². The van der Waals surface area contributed by atoms with Gasteiger partial charge in [-0.1, -0.05) is 30.3 Å². The number of nitrogens with zero attached hydrogens (tertiary/aromatic N) is 1.